The lowest BCUT2D eigenvalue weighted by molar-refractivity contribution is -0.385. The first kappa shape index (κ1) is 15.7. The highest BCUT2D eigenvalue weighted by atomic mass is 32.2. The first-order chi connectivity index (χ1) is 9.73. The number of hydrogen-bond acceptors (Lipinski definition) is 6. The van der Waals surface area contributed by atoms with Crippen LogP contribution in [0.15, 0.2) is 23.1 Å². The van der Waals surface area contributed by atoms with E-state index in [-0.39, 0.29) is 29.4 Å². The molecule has 0 radical (unpaired) electrons. The van der Waals surface area contributed by atoms with E-state index in [9.17, 15) is 23.6 Å². The lowest BCUT2D eigenvalue weighted by Gasteiger charge is -2.44. The van der Waals surface area contributed by atoms with E-state index in [4.69, 9.17) is 4.74 Å². The number of aliphatic hydroxyl groups is 1. The molecule has 1 aromatic rings. The quantitative estimate of drug-likeness (QED) is 0.634. The summed E-state index contributed by atoms with van der Waals surface area (Å²) < 4.78 is 31.0. The predicted molar refractivity (Wildman–Crippen MR) is 73.6 cm³/mol. The second kappa shape index (κ2) is 5.24. The SMILES string of the molecule is CCC1(O)CN(S(=O)(=O)c2ccc([N+](=O)[O-])cc2OC)C1. The molecule has 1 aromatic carbocycles. The molecule has 8 nitrogen and oxygen atoms in total. The minimum absolute atomic E-state index is 0.00593. The van der Waals surface area contributed by atoms with Gasteiger partial charge in [-0.05, 0) is 12.5 Å². The van der Waals surface area contributed by atoms with Crippen LogP contribution < -0.4 is 4.74 Å². The van der Waals surface area contributed by atoms with Gasteiger partial charge in [0.2, 0.25) is 10.0 Å². The van der Waals surface area contributed by atoms with Crippen molar-refractivity contribution in [3.05, 3.63) is 28.3 Å². The minimum Gasteiger partial charge on any atom is -0.495 e. The number of nitro benzene ring substituents is 1. The molecule has 0 aromatic heterocycles. The summed E-state index contributed by atoms with van der Waals surface area (Å²) in [4.78, 5) is 9.94. The first-order valence-corrected chi connectivity index (χ1v) is 7.72. The normalized spacial score (nSPS) is 18.0. The average molecular weight is 316 g/mol. The van der Waals surface area contributed by atoms with E-state index in [1.807, 2.05) is 0 Å². The van der Waals surface area contributed by atoms with Gasteiger partial charge in [0.15, 0.2) is 0 Å². The number of rotatable bonds is 5. The largest absolute Gasteiger partial charge is 0.495 e. The van der Waals surface area contributed by atoms with Crippen molar-refractivity contribution in [2.24, 2.45) is 0 Å². The standard InChI is InChI=1S/C12H16N2O6S/c1-3-12(15)7-13(8-12)21(18,19)11-5-4-9(14(16)17)6-10(11)20-2/h4-6,15H,3,7-8H2,1-2H3. The van der Waals surface area contributed by atoms with Crippen molar-refractivity contribution in [1.82, 2.24) is 4.31 Å². The monoisotopic (exact) mass is 316 g/mol. The van der Waals surface area contributed by atoms with Crippen LogP contribution >= 0.6 is 0 Å². The molecule has 0 spiro atoms. The number of ether oxygens (including phenoxy) is 1. The molecule has 1 aliphatic heterocycles. The fourth-order valence-electron chi connectivity index (χ4n) is 2.13. The van der Waals surface area contributed by atoms with Crippen LogP contribution in [0.25, 0.3) is 0 Å². The summed E-state index contributed by atoms with van der Waals surface area (Å²) in [5.41, 5.74) is -1.25. The molecule has 1 N–H and O–H groups in total. The third-order valence-corrected chi connectivity index (χ3v) is 5.41. The molecular formula is C12H16N2O6S. The van der Waals surface area contributed by atoms with Crippen LogP contribution in [0.2, 0.25) is 0 Å². The first-order valence-electron chi connectivity index (χ1n) is 6.28. The molecule has 116 valence electrons. The van der Waals surface area contributed by atoms with Gasteiger partial charge in [-0.15, -0.1) is 0 Å². The third-order valence-electron chi connectivity index (χ3n) is 3.58. The number of hydrogen-bond donors (Lipinski definition) is 1. The number of nitrogens with zero attached hydrogens (tertiary/aromatic N) is 2. The van der Waals surface area contributed by atoms with Gasteiger partial charge < -0.3 is 9.84 Å². The maximum atomic E-state index is 12.4. The van der Waals surface area contributed by atoms with Gasteiger partial charge in [-0.2, -0.15) is 4.31 Å². The summed E-state index contributed by atoms with van der Waals surface area (Å²) >= 11 is 0. The molecule has 0 unspecified atom stereocenters. The van der Waals surface area contributed by atoms with Gasteiger partial charge in [-0.3, -0.25) is 10.1 Å². The summed E-state index contributed by atoms with van der Waals surface area (Å²) in [5, 5.41) is 20.6. The molecule has 1 fully saturated rings. The zero-order valence-electron chi connectivity index (χ0n) is 11.6. The zero-order valence-corrected chi connectivity index (χ0v) is 12.5. The van der Waals surface area contributed by atoms with Gasteiger partial charge in [0.05, 0.1) is 23.7 Å². The van der Waals surface area contributed by atoms with E-state index in [0.29, 0.717) is 6.42 Å². The van der Waals surface area contributed by atoms with E-state index in [1.165, 1.54) is 7.11 Å². The number of nitro groups is 1. The Morgan fingerprint density at radius 3 is 2.57 bits per heavy atom. The summed E-state index contributed by atoms with van der Waals surface area (Å²) in [7, 11) is -2.60. The molecule has 1 heterocycles. The molecule has 0 amide bonds. The van der Waals surface area contributed by atoms with Gasteiger partial charge >= 0.3 is 0 Å². The Hall–Kier alpha value is -1.71. The Kier molecular flexibility index (Phi) is 3.91. The summed E-state index contributed by atoms with van der Waals surface area (Å²) in [6.45, 7) is 1.79. The second-order valence-electron chi connectivity index (χ2n) is 4.94. The van der Waals surface area contributed by atoms with Crippen molar-refractivity contribution in [3.63, 3.8) is 0 Å². The number of benzene rings is 1. The lowest BCUT2D eigenvalue weighted by atomic mass is 9.94. The molecule has 0 bridgehead atoms. The Morgan fingerprint density at radius 2 is 2.10 bits per heavy atom. The van der Waals surface area contributed by atoms with Gasteiger partial charge in [0.1, 0.15) is 10.6 Å². The maximum absolute atomic E-state index is 12.4. The Morgan fingerprint density at radius 1 is 1.48 bits per heavy atom. The topological polar surface area (TPSA) is 110 Å². The smallest absolute Gasteiger partial charge is 0.273 e. The highest BCUT2D eigenvalue weighted by molar-refractivity contribution is 7.89. The number of non-ortho nitro benzene ring substituents is 1. The lowest BCUT2D eigenvalue weighted by Crippen LogP contribution is -2.62. The van der Waals surface area contributed by atoms with Crippen molar-refractivity contribution >= 4 is 15.7 Å². The van der Waals surface area contributed by atoms with Gasteiger partial charge in [0.25, 0.3) is 5.69 Å². The Balaban J connectivity index is 2.35. The van der Waals surface area contributed by atoms with E-state index in [1.54, 1.807) is 6.92 Å². The molecule has 1 saturated heterocycles. The van der Waals surface area contributed by atoms with Crippen LogP contribution in [0.5, 0.6) is 5.75 Å². The predicted octanol–water partition coefficient (Wildman–Crippen LogP) is 0.749. The van der Waals surface area contributed by atoms with Crippen molar-refractivity contribution in [2.75, 3.05) is 20.2 Å². The van der Waals surface area contributed by atoms with Crippen LogP contribution in [0, 0.1) is 10.1 Å². The summed E-state index contributed by atoms with van der Waals surface area (Å²) in [6, 6.07) is 3.33. The summed E-state index contributed by atoms with van der Waals surface area (Å²) in [6.07, 6.45) is 0.455. The average Bonchev–Trinajstić information content (AvgIpc) is 2.42. The highest BCUT2D eigenvalue weighted by Crippen LogP contribution is 2.35. The van der Waals surface area contributed by atoms with Crippen LogP contribution in [-0.2, 0) is 10.0 Å². The third kappa shape index (κ3) is 2.71. The van der Waals surface area contributed by atoms with Crippen LogP contribution in [-0.4, -0.2) is 48.6 Å². The minimum atomic E-state index is -3.84. The molecule has 0 saturated carbocycles. The maximum Gasteiger partial charge on any atom is 0.273 e. The van der Waals surface area contributed by atoms with Crippen LogP contribution in [0.4, 0.5) is 5.69 Å². The molecule has 1 aliphatic rings. The zero-order chi connectivity index (χ0) is 15.8. The van der Waals surface area contributed by atoms with Crippen molar-refractivity contribution in [3.8, 4) is 5.75 Å². The number of β-amino-alcohol motifs (C(OH)–C–C–N with tert-alkyl or cyclic N) is 1. The van der Waals surface area contributed by atoms with E-state index in [2.05, 4.69) is 0 Å². The second-order valence-corrected chi connectivity index (χ2v) is 6.85. The van der Waals surface area contributed by atoms with Gasteiger partial charge in [-0.25, -0.2) is 8.42 Å². The number of sulfonamides is 1. The van der Waals surface area contributed by atoms with Gasteiger partial charge in [-0.1, -0.05) is 6.92 Å². The van der Waals surface area contributed by atoms with E-state index >= 15 is 0 Å². The molecule has 0 aliphatic carbocycles. The fourth-order valence-corrected chi connectivity index (χ4v) is 3.86. The Bertz CT molecular complexity index is 666. The number of methoxy groups -OCH3 is 1. The highest BCUT2D eigenvalue weighted by Gasteiger charge is 2.46. The van der Waals surface area contributed by atoms with Crippen molar-refractivity contribution in [1.29, 1.82) is 0 Å². The van der Waals surface area contributed by atoms with E-state index in [0.717, 1.165) is 22.5 Å². The molecule has 21 heavy (non-hydrogen) atoms. The Labute approximate surface area is 122 Å². The summed E-state index contributed by atoms with van der Waals surface area (Å²) in [5.74, 6) is -0.0869. The van der Waals surface area contributed by atoms with E-state index < -0.39 is 20.5 Å². The van der Waals surface area contributed by atoms with Crippen molar-refractivity contribution < 1.29 is 23.2 Å². The fraction of sp³-hybridized carbons (Fsp3) is 0.500. The molecule has 9 heteroatoms. The molecule has 0 atom stereocenters. The van der Waals surface area contributed by atoms with Crippen LogP contribution in [0.3, 0.4) is 0 Å². The van der Waals surface area contributed by atoms with Crippen LogP contribution in [0.1, 0.15) is 13.3 Å². The molecular weight excluding hydrogens is 300 g/mol. The molecule has 2 rings (SSSR count). The van der Waals surface area contributed by atoms with Crippen molar-refractivity contribution in [2.45, 2.75) is 23.8 Å². The van der Waals surface area contributed by atoms with Gasteiger partial charge in [0, 0.05) is 19.2 Å².